The third-order valence-corrected chi connectivity index (χ3v) is 1.38. The van der Waals surface area contributed by atoms with E-state index in [0.29, 0.717) is 6.42 Å². The third kappa shape index (κ3) is 1.47. The molecule has 0 bridgehead atoms. The summed E-state index contributed by atoms with van der Waals surface area (Å²) in [5.41, 5.74) is -0.881. The summed E-state index contributed by atoms with van der Waals surface area (Å²) in [4.78, 5) is 19.0. The normalized spacial score (nSPS) is 16.3. The average molecular weight is 169 g/mol. The highest BCUT2D eigenvalue weighted by atomic mass is 16.6. The maximum absolute atomic E-state index is 10.2. The van der Waals surface area contributed by atoms with E-state index >= 15 is 0 Å². The summed E-state index contributed by atoms with van der Waals surface area (Å²) >= 11 is 0. The van der Waals surface area contributed by atoms with E-state index in [4.69, 9.17) is 0 Å². The fourth-order valence-electron chi connectivity index (χ4n) is 0.872. The van der Waals surface area contributed by atoms with E-state index in [-0.39, 0.29) is 0 Å². The van der Waals surface area contributed by atoms with Crippen molar-refractivity contribution in [1.29, 1.82) is 0 Å². The van der Waals surface area contributed by atoms with Gasteiger partial charge in [-0.25, -0.2) is 0 Å². The first-order valence-electron chi connectivity index (χ1n) is 3.15. The van der Waals surface area contributed by atoms with E-state index in [2.05, 4.69) is 0 Å². The monoisotopic (exact) mass is 169 g/mol. The van der Waals surface area contributed by atoms with E-state index in [0.717, 1.165) is 6.08 Å². The van der Waals surface area contributed by atoms with Crippen molar-refractivity contribution in [2.75, 3.05) is 0 Å². The van der Waals surface area contributed by atoms with Crippen molar-refractivity contribution in [2.45, 2.75) is 6.42 Å². The highest BCUT2D eigenvalue weighted by Crippen LogP contribution is 2.18. The van der Waals surface area contributed by atoms with E-state index < -0.39 is 21.2 Å². The number of hydrogen-bond donors (Lipinski definition) is 0. The molecule has 0 aromatic heterocycles. The molecule has 0 fully saturated rings. The molecule has 0 aromatic rings. The second-order valence-electron chi connectivity index (χ2n) is 2.13. The minimum absolute atomic E-state index is 0.369. The molecule has 0 amide bonds. The zero-order valence-electron chi connectivity index (χ0n) is 5.97. The SMILES string of the molecule is O=[N+]([O-])C1=C([N+](=O)[O-])C=CC[CH]1. The van der Waals surface area contributed by atoms with Gasteiger partial charge in [0.15, 0.2) is 0 Å². The second kappa shape index (κ2) is 3.12. The zero-order valence-corrected chi connectivity index (χ0v) is 5.97. The van der Waals surface area contributed by atoms with Gasteiger partial charge in [0.05, 0.1) is 16.3 Å². The van der Waals surface area contributed by atoms with Gasteiger partial charge >= 0.3 is 11.4 Å². The summed E-state index contributed by atoms with van der Waals surface area (Å²) in [6.07, 6.45) is 4.25. The summed E-state index contributed by atoms with van der Waals surface area (Å²) < 4.78 is 0. The molecule has 0 saturated carbocycles. The number of hydrogen-bond acceptors (Lipinski definition) is 4. The maximum atomic E-state index is 10.2. The van der Waals surface area contributed by atoms with E-state index in [9.17, 15) is 20.2 Å². The van der Waals surface area contributed by atoms with E-state index in [1.807, 2.05) is 0 Å². The first kappa shape index (κ1) is 8.38. The van der Waals surface area contributed by atoms with Crippen LogP contribution in [0.2, 0.25) is 0 Å². The Labute approximate surface area is 67.5 Å². The molecule has 63 valence electrons. The Morgan fingerprint density at radius 1 is 1.17 bits per heavy atom. The van der Waals surface area contributed by atoms with Crippen molar-refractivity contribution in [2.24, 2.45) is 0 Å². The van der Waals surface area contributed by atoms with E-state index in [1.54, 1.807) is 0 Å². The van der Waals surface area contributed by atoms with E-state index in [1.165, 1.54) is 12.5 Å². The Morgan fingerprint density at radius 3 is 2.17 bits per heavy atom. The Balaban J connectivity index is 3.08. The van der Waals surface area contributed by atoms with Crippen LogP contribution < -0.4 is 0 Å². The summed E-state index contributed by atoms with van der Waals surface area (Å²) in [7, 11) is 0. The van der Waals surface area contributed by atoms with Crippen LogP contribution in [-0.2, 0) is 0 Å². The number of allylic oxidation sites excluding steroid dienone is 3. The highest BCUT2D eigenvalue weighted by molar-refractivity contribution is 5.25. The van der Waals surface area contributed by atoms with Crippen LogP contribution >= 0.6 is 0 Å². The first-order chi connectivity index (χ1) is 5.63. The molecule has 6 nitrogen and oxygen atoms in total. The minimum Gasteiger partial charge on any atom is -0.258 e. The van der Waals surface area contributed by atoms with Crippen LogP contribution in [0.5, 0.6) is 0 Å². The lowest BCUT2D eigenvalue weighted by Crippen LogP contribution is -2.11. The lowest BCUT2D eigenvalue weighted by Gasteiger charge is -2.00. The number of rotatable bonds is 2. The molecule has 12 heavy (non-hydrogen) atoms. The van der Waals surface area contributed by atoms with Gasteiger partial charge in [-0.2, -0.15) is 0 Å². The molecule has 1 aliphatic carbocycles. The molecule has 1 radical (unpaired) electrons. The zero-order chi connectivity index (χ0) is 9.14. The largest absolute Gasteiger partial charge is 0.341 e. The smallest absolute Gasteiger partial charge is 0.258 e. The summed E-state index contributed by atoms with van der Waals surface area (Å²) in [5.74, 6) is 0. The van der Waals surface area contributed by atoms with Crippen molar-refractivity contribution in [3.05, 3.63) is 50.2 Å². The van der Waals surface area contributed by atoms with Gasteiger partial charge in [-0.1, -0.05) is 6.08 Å². The topological polar surface area (TPSA) is 86.3 Å². The Kier molecular flexibility index (Phi) is 2.18. The van der Waals surface area contributed by atoms with Crippen LogP contribution in [0.4, 0.5) is 0 Å². The number of nitrogens with zero attached hydrogens (tertiary/aromatic N) is 2. The molecule has 1 aliphatic rings. The average Bonchev–Trinajstić information content (AvgIpc) is 2.04. The van der Waals surface area contributed by atoms with Gasteiger partial charge < -0.3 is 0 Å². The van der Waals surface area contributed by atoms with Gasteiger partial charge in [0.2, 0.25) is 0 Å². The number of nitro groups is 2. The van der Waals surface area contributed by atoms with Crippen LogP contribution in [0.25, 0.3) is 0 Å². The van der Waals surface area contributed by atoms with Crippen molar-refractivity contribution >= 4 is 0 Å². The molecule has 0 atom stereocenters. The fourth-order valence-corrected chi connectivity index (χ4v) is 0.872. The molecule has 0 N–H and O–H groups in total. The van der Waals surface area contributed by atoms with Gasteiger partial charge in [0, 0.05) is 6.08 Å². The van der Waals surface area contributed by atoms with Gasteiger partial charge in [-0.05, 0) is 6.42 Å². The molecule has 0 aromatic carbocycles. The van der Waals surface area contributed by atoms with Crippen molar-refractivity contribution in [3.8, 4) is 0 Å². The first-order valence-corrected chi connectivity index (χ1v) is 3.15. The Hall–Kier alpha value is -1.72. The summed E-state index contributed by atoms with van der Waals surface area (Å²) in [6, 6.07) is 0. The molecule has 0 spiro atoms. The van der Waals surface area contributed by atoms with Crippen LogP contribution in [0, 0.1) is 26.6 Å². The van der Waals surface area contributed by atoms with Crippen LogP contribution in [0.15, 0.2) is 23.5 Å². The molecule has 1 rings (SSSR count). The van der Waals surface area contributed by atoms with Crippen molar-refractivity contribution in [3.63, 3.8) is 0 Å². The molecular weight excluding hydrogens is 164 g/mol. The quantitative estimate of drug-likeness (QED) is 0.454. The Morgan fingerprint density at radius 2 is 1.75 bits per heavy atom. The lowest BCUT2D eigenvalue weighted by molar-refractivity contribution is -0.465. The van der Waals surface area contributed by atoms with Gasteiger partial charge in [0.25, 0.3) is 0 Å². The lowest BCUT2D eigenvalue weighted by atomic mass is 10.1. The molecule has 0 saturated heterocycles. The molecule has 0 aliphatic heterocycles. The summed E-state index contributed by atoms with van der Waals surface area (Å²) in [5, 5.41) is 20.5. The van der Waals surface area contributed by atoms with Gasteiger partial charge in [-0.15, -0.1) is 0 Å². The van der Waals surface area contributed by atoms with Gasteiger partial charge in [0.1, 0.15) is 0 Å². The van der Waals surface area contributed by atoms with Crippen LogP contribution in [0.1, 0.15) is 6.42 Å². The molecule has 0 unspecified atom stereocenters. The third-order valence-electron chi connectivity index (χ3n) is 1.38. The minimum atomic E-state index is -0.760. The highest BCUT2D eigenvalue weighted by Gasteiger charge is 2.28. The molecular formula is C6H5N2O4. The molecule has 0 heterocycles. The van der Waals surface area contributed by atoms with Crippen molar-refractivity contribution in [1.82, 2.24) is 0 Å². The fraction of sp³-hybridized carbons (Fsp3) is 0.167. The maximum Gasteiger partial charge on any atom is 0.341 e. The second-order valence-corrected chi connectivity index (χ2v) is 2.13. The standard InChI is InChI=1S/C6H5N2O4/c9-7(10)5-3-1-2-4-6(5)8(11)12/h1,3-4H,2H2. The Bertz CT molecular complexity index is 292. The predicted molar refractivity (Wildman–Crippen MR) is 39.1 cm³/mol. The van der Waals surface area contributed by atoms with Crippen LogP contribution in [-0.4, -0.2) is 9.85 Å². The van der Waals surface area contributed by atoms with Crippen molar-refractivity contribution < 1.29 is 9.85 Å². The predicted octanol–water partition coefficient (Wildman–Crippen LogP) is 0.916. The molecule has 6 heteroatoms. The van der Waals surface area contributed by atoms with Gasteiger partial charge in [-0.3, -0.25) is 20.2 Å². The summed E-state index contributed by atoms with van der Waals surface area (Å²) in [6.45, 7) is 0. The van der Waals surface area contributed by atoms with Crippen LogP contribution in [0.3, 0.4) is 0 Å².